The zero-order chi connectivity index (χ0) is 14.7. The average Bonchev–Trinajstić information content (AvgIpc) is 3.17. The molecule has 2 aliphatic rings. The first-order valence-corrected chi connectivity index (χ1v) is 8.11. The lowest BCUT2D eigenvalue weighted by atomic mass is 9.89. The minimum Gasteiger partial charge on any atom is -0.357 e. The Labute approximate surface area is 126 Å². The van der Waals surface area contributed by atoms with E-state index in [1.807, 2.05) is 7.05 Å². The van der Waals surface area contributed by atoms with E-state index in [0.29, 0.717) is 17.3 Å². The Bertz CT molecular complexity index is 477. The zero-order valence-corrected chi connectivity index (χ0v) is 13.2. The number of hydrogen-bond acceptors (Lipinski definition) is 6. The van der Waals surface area contributed by atoms with Gasteiger partial charge in [0.05, 0.1) is 0 Å². The van der Waals surface area contributed by atoms with Crippen molar-refractivity contribution in [3.8, 4) is 0 Å². The largest absolute Gasteiger partial charge is 0.357 e. The van der Waals surface area contributed by atoms with E-state index < -0.39 is 0 Å². The Morgan fingerprint density at radius 1 is 1.00 bits per heavy atom. The molecule has 0 aromatic carbocycles. The molecule has 2 N–H and O–H groups in total. The Morgan fingerprint density at radius 2 is 1.67 bits per heavy atom. The third-order valence-corrected chi connectivity index (χ3v) is 4.72. The fourth-order valence-corrected chi connectivity index (χ4v) is 3.31. The summed E-state index contributed by atoms with van der Waals surface area (Å²) in [6.07, 6.45) is 7.72. The molecule has 3 rings (SSSR count). The van der Waals surface area contributed by atoms with Crippen LogP contribution >= 0.6 is 0 Å². The molecular formula is C15H26N6. The Morgan fingerprint density at radius 3 is 2.33 bits per heavy atom. The van der Waals surface area contributed by atoms with Crippen LogP contribution in [0, 0.1) is 5.41 Å². The van der Waals surface area contributed by atoms with Crippen molar-refractivity contribution in [2.75, 3.05) is 42.2 Å². The summed E-state index contributed by atoms with van der Waals surface area (Å²) in [5.74, 6) is 2.14. The van der Waals surface area contributed by atoms with Crippen LogP contribution in [-0.2, 0) is 0 Å². The van der Waals surface area contributed by atoms with Crippen LogP contribution in [0.1, 0.15) is 45.4 Å². The predicted molar refractivity (Wildman–Crippen MR) is 85.9 cm³/mol. The molecule has 0 radical (unpaired) electrons. The molecule has 2 fully saturated rings. The van der Waals surface area contributed by atoms with E-state index in [1.54, 1.807) is 0 Å². The van der Waals surface area contributed by atoms with E-state index in [1.165, 1.54) is 38.5 Å². The van der Waals surface area contributed by atoms with Gasteiger partial charge in [-0.2, -0.15) is 15.0 Å². The molecule has 1 aliphatic heterocycles. The SMILES string of the molecule is CNc1nc(NCC2(C)CCCC2)nc(N2CCCC2)n1. The maximum Gasteiger partial charge on any atom is 0.231 e. The molecule has 0 unspecified atom stereocenters. The van der Waals surface area contributed by atoms with Crippen LogP contribution in [0.15, 0.2) is 0 Å². The Balaban J connectivity index is 1.72. The van der Waals surface area contributed by atoms with Gasteiger partial charge in [0.1, 0.15) is 0 Å². The van der Waals surface area contributed by atoms with Crippen molar-refractivity contribution >= 4 is 17.8 Å². The van der Waals surface area contributed by atoms with E-state index in [9.17, 15) is 0 Å². The molecule has 116 valence electrons. The number of hydrogen-bond donors (Lipinski definition) is 2. The molecule has 6 heteroatoms. The van der Waals surface area contributed by atoms with Gasteiger partial charge in [0.25, 0.3) is 0 Å². The number of nitrogens with one attached hydrogen (secondary N) is 2. The van der Waals surface area contributed by atoms with E-state index in [2.05, 4.69) is 37.4 Å². The predicted octanol–water partition coefficient (Wildman–Crippen LogP) is 2.51. The number of aromatic nitrogens is 3. The van der Waals surface area contributed by atoms with Gasteiger partial charge < -0.3 is 15.5 Å². The minimum atomic E-state index is 0.389. The maximum atomic E-state index is 4.61. The first-order valence-electron chi connectivity index (χ1n) is 8.11. The average molecular weight is 290 g/mol. The highest BCUT2D eigenvalue weighted by Crippen LogP contribution is 2.37. The van der Waals surface area contributed by atoms with Gasteiger partial charge in [-0.25, -0.2) is 0 Å². The second-order valence-corrected chi connectivity index (χ2v) is 6.60. The van der Waals surface area contributed by atoms with E-state index in [0.717, 1.165) is 25.6 Å². The zero-order valence-electron chi connectivity index (χ0n) is 13.2. The van der Waals surface area contributed by atoms with E-state index >= 15 is 0 Å². The lowest BCUT2D eigenvalue weighted by molar-refractivity contribution is 0.361. The molecule has 1 aromatic rings. The fourth-order valence-electron chi connectivity index (χ4n) is 3.31. The van der Waals surface area contributed by atoms with Crippen LogP contribution in [0.4, 0.5) is 17.8 Å². The number of nitrogens with zero attached hydrogens (tertiary/aromatic N) is 4. The number of anilines is 3. The van der Waals surface area contributed by atoms with Gasteiger partial charge >= 0.3 is 0 Å². The van der Waals surface area contributed by atoms with Crippen molar-refractivity contribution in [2.45, 2.75) is 45.4 Å². The fraction of sp³-hybridized carbons (Fsp3) is 0.800. The molecular weight excluding hydrogens is 264 g/mol. The van der Waals surface area contributed by atoms with E-state index in [-0.39, 0.29) is 0 Å². The second-order valence-electron chi connectivity index (χ2n) is 6.60. The third kappa shape index (κ3) is 3.36. The summed E-state index contributed by atoms with van der Waals surface area (Å²) < 4.78 is 0. The summed E-state index contributed by atoms with van der Waals surface area (Å²) in [7, 11) is 1.85. The third-order valence-electron chi connectivity index (χ3n) is 4.72. The normalized spacial score (nSPS) is 20.8. The first kappa shape index (κ1) is 14.4. The van der Waals surface area contributed by atoms with Crippen molar-refractivity contribution in [1.29, 1.82) is 0 Å². The van der Waals surface area contributed by atoms with Crippen molar-refractivity contribution < 1.29 is 0 Å². The quantitative estimate of drug-likeness (QED) is 0.868. The summed E-state index contributed by atoms with van der Waals surface area (Å²) in [4.78, 5) is 15.8. The molecule has 1 saturated carbocycles. The Kier molecular flexibility index (Phi) is 4.12. The minimum absolute atomic E-state index is 0.389. The molecule has 0 atom stereocenters. The lowest BCUT2D eigenvalue weighted by Crippen LogP contribution is -2.26. The van der Waals surface area contributed by atoms with Crippen LogP contribution in [-0.4, -0.2) is 41.6 Å². The van der Waals surface area contributed by atoms with Crippen LogP contribution in [0.5, 0.6) is 0 Å². The van der Waals surface area contributed by atoms with Gasteiger partial charge in [-0.1, -0.05) is 19.8 Å². The second kappa shape index (κ2) is 6.03. The molecule has 0 bridgehead atoms. The van der Waals surface area contributed by atoms with Gasteiger partial charge in [-0.05, 0) is 31.1 Å². The molecule has 1 aromatic heterocycles. The molecule has 1 aliphatic carbocycles. The summed E-state index contributed by atoms with van der Waals surface area (Å²) in [5, 5.41) is 6.48. The standard InChI is InChI=1S/C15H26N6/c1-15(7-3-4-8-15)11-17-13-18-12(16-2)19-14(20-13)21-9-5-6-10-21/h3-11H2,1-2H3,(H2,16,17,18,19,20). The summed E-state index contributed by atoms with van der Waals surface area (Å²) in [6, 6.07) is 0. The van der Waals surface area contributed by atoms with Crippen LogP contribution in [0.3, 0.4) is 0 Å². The molecule has 1 saturated heterocycles. The van der Waals surface area contributed by atoms with Crippen molar-refractivity contribution in [3.63, 3.8) is 0 Å². The summed E-state index contributed by atoms with van der Waals surface area (Å²) in [6.45, 7) is 5.39. The molecule has 0 amide bonds. The van der Waals surface area contributed by atoms with Crippen molar-refractivity contribution in [2.24, 2.45) is 5.41 Å². The number of rotatable bonds is 5. The molecule has 21 heavy (non-hydrogen) atoms. The highest BCUT2D eigenvalue weighted by atomic mass is 15.3. The van der Waals surface area contributed by atoms with Crippen LogP contribution < -0.4 is 15.5 Å². The highest BCUT2D eigenvalue weighted by Gasteiger charge is 2.28. The Hall–Kier alpha value is -1.59. The smallest absolute Gasteiger partial charge is 0.231 e. The topological polar surface area (TPSA) is 66.0 Å². The molecule has 0 spiro atoms. The highest BCUT2D eigenvalue weighted by molar-refractivity contribution is 5.44. The lowest BCUT2D eigenvalue weighted by Gasteiger charge is -2.24. The molecule has 2 heterocycles. The summed E-state index contributed by atoms with van der Waals surface area (Å²) in [5.41, 5.74) is 0.389. The van der Waals surface area contributed by atoms with Gasteiger partial charge in [0.15, 0.2) is 0 Å². The maximum absolute atomic E-state index is 4.61. The van der Waals surface area contributed by atoms with Crippen molar-refractivity contribution in [1.82, 2.24) is 15.0 Å². The van der Waals surface area contributed by atoms with Gasteiger partial charge in [0.2, 0.25) is 17.8 Å². The van der Waals surface area contributed by atoms with E-state index in [4.69, 9.17) is 0 Å². The van der Waals surface area contributed by atoms with Gasteiger partial charge in [-0.3, -0.25) is 0 Å². The monoisotopic (exact) mass is 290 g/mol. The van der Waals surface area contributed by atoms with Crippen LogP contribution in [0.25, 0.3) is 0 Å². The molecule has 6 nitrogen and oxygen atoms in total. The first-order chi connectivity index (χ1) is 10.2. The van der Waals surface area contributed by atoms with Crippen molar-refractivity contribution in [3.05, 3.63) is 0 Å². The van der Waals surface area contributed by atoms with Crippen LogP contribution in [0.2, 0.25) is 0 Å². The van der Waals surface area contributed by atoms with Gasteiger partial charge in [0, 0.05) is 26.7 Å². The summed E-state index contributed by atoms with van der Waals surface area (Å²) >= 11 is 0. The van der Waals surface area contributed by atoms with Gasteiger partial charge in [-0.15, -0.1) is 0 Å².